The highest BCUT2D eigenvalue weighted by Gasteiger charge is 2.30. The number of carbonyl (C=O) groups excluding carboxylic acids is 1. The Bertz CT molecular complexity index is 669. The number of aryl methyl sites for hydroxylation is 1. The van der Waals surface area contributed by atoms with Crippen LogP contribution in [0.2, 0.25) is 0 Å². The molecule has 0 bridgehead atoms. The second-order valence-corrected chi connectivity index (χ2v) is 5.80. The number of nitrogens with zero attached hydrogens (tertiary/aromatic N) is 1. The second kappa shape index (κ2) is 6.26. The number of halogens is 1. The van der Waals surface area contributed by atoms with Gasteiger partial charge in [0.2, 0.25) is 5.91 Å². The number of amides is 1. The molecule has 0 spiro atoms. The third-order valence-corrected chi connectivity index (χ3v) is 4.13. The van der Waals surface area contributed by atoms with Crippen molar-refractivity contribution in [3.63, 3.8) is 0 Å². The van der Waals surface area contributed by atoms with Gasteiger partial charge in [-0.15, -0.1) is 0 Å². The molecular formula is C18H19FN2O. The molecule has 3 rings (SSSR count). The molecule has 2 atom stereocenters. The van der Waals surface area contributed by atoms with E-state index in [4.69, 9.17) is 0 Å². The van der Waals surface area contributed by atoms with Crippen LogP contribution in [0, 0.1) is 12.7 Å². The van der Waals surface area contributed by atoms with Crippen molar-refractivity contribution in [1.29, 1.82) is 0 Å². The Morgan fingerprint density at radius 3 is 2.68 bits per heavy atom. The van der Waals surface area contributed by atoms with Gasteiger partial charge >= 0.3 is 0 Å². The van der Waals surface area contributed by atoms with Crippen molar-refractivity contribution in [1.82, 2.24) is 10.3 Å². The summed E-state index contributed by atoms with van der Waals surface area (Å²) in [6.45, 7) is 1.95. The van der Waals surface area contributed by atoms with Crippen LogP contribution in [0.3, 0.4) is 0 Å². The first-order valence-electron chi connectivity index (χ1n) is 7.62. The number of pyridine rings is 1. The molecule has 1 saturated heterocycles. The first-order chi connectivity index (χ1) is 10.6. The Morgan fingerprint density at radius 1 is 1.23 bits per heavy atom. The van der Waals surface area contributed by atoms with Gasteiger partial charge in [-0.25, -0.2) is 4.39 Å². The lowest BCUT2D eigenvalue weighted by molar-refractivity contribution is -0.123. The molecule has 0 unspecified atom stereocenters. The van der Waals surface area contributed by atoms with Crippen LogP contribution in [0.25, 0.3) is 0 Å². The van der Waals surface area contributed by atoms with Crippen molar-refractivity contribution < 1.29 is 9.18 Å². The van der Waals surface area contributed by atoms with Crippen molar-refractivity contribution in [2.24, 2.45) is 0 Å². The first kappa shape index (κ1) is 14.7. The lowest BCUT2D eigenvalue weighted by Crippen LogP contribution is -2.43. The Morgan fingerprint density at radius 2 is 2.00 bits per heavy atom. The van der Waals surface area contributed by atoms with Gasteiger partial charge in [0.25, 0.3) is 0 Å². The monoisotopic (exact) mass is 298 g/mol. The van der Waals surface area contributed by atoms with Gasteiger partial charge in [0, 0.05) is 24.1 Å². The standard InChI is InChI=1S/C18H19FN2O/c1-12-4-2-5-15(20-12)18(13-8-10-14(19)11-9-13)16-6-3-7-17(22)21-16/h2,4-5,8-11,16,18H,3,6-7H2,1H3,(H,21,22)/t16-,18+/m1/s1. The summed E-state index contributed by atoms with van der Waals surface area (Å²) < 4.78 is 13.2. The van der Waals surface area contributed by atoms with Gasteiger partial charge in [-0.1, -0.05) is 18.2 Å². The van der Waals surface area contributed by atoms with Gasteiger partial charge in [0.1, 0.15) is 5.82 Å². The Balaban J connectivity index is 2.01. The van der Waals surface area contributed by atoms with E-state index in [9.17, 15) is 9.18 Å². The molecule has 4 heteroatoms. The normalized spacial score (nSPS) is 19.5. The lowest BCUT2D eigenvalue weighted by atomic mass is 9.83. The summed E-state index contributed by atoms with van der Waals surface area (Å²) >= 11 is 0. The van der Waals surface area contributed by atoms with Gasteiger partial charge < -0.3 is 5.32 Å². The van der Waals surface area contributed by atoms with Crippen molar-refractivity contribution >= 4 is 5.91 Å². The zero-order chi connectivity index (χ0) is 15.5. The minimum Gasteiger partial charge on any atom is -0.352 e. The number of aromatic nitrogens is 1. The number of rotatable bonds is 3. The van der Waals surface area contributed by atoms with Gasteiger partial charge in [0.15, 0.2) is 0 Å². The van der Waals surface area contributed by atoms with E-state index >= 15 is 0 Å². The van der Waals surface area contributed by atoms with Gasteiger partial charge in [-0.05, 0) is 49.6 Å². The SMILES string of the molecule is Cc1cccc([C@H](c2ccc(F)cc2)[C@H]2CCCC(=O)N2)n1. The topological polar surface area (TPSA) is 42.0 Å². The molecule has 1 fully saturated rings. The number of carbonyl (C=O) groups is 1. The molecule has 22 heavy (non-hydrogen) atoms. The molecule has 1 aliphatic heterocycles. The molecule has 1 amide bonds. The van der Waals surface area contributed by atoms with E-state index in [1.165, 1.54) is 12.1 Å². The molecule has 1 N–H and O–H groups in total. The molecule has 114 valence electrons. The van der Waals surface area contributed by atoms with E-state index in [0.717, 1.165) is 29.8 Å². The second-order valence-electron chi connectivity index (χ2n) is 5.80. The highest BCUT2D eigenvalue weighted by molar-refractivity contribution is 5.77. The minimum absolute atomic E-state index is 0.000936. The maximum Gasteiger partial charge on any atom is 0.220 e. The van der Waals surface area contributed by atoms with Gasteiger partial charge in [-0.3, -0.25) is 9.78 Å². The van der Waals surface area contributed by atoms with Crippen LogP contribution >= 0.6 is 0 Å². The molecule has 3 nitrogen and oxygen atoms in total. The summed E-state index contributed by atoms with van der Waals surface area (Å²) in [5.74, 6) is -0.229. The molecule has 2 heterocycles. The number of hydrogen-bond acceptors (Lipinski definition) is 2. The van der Waals surface area contributed by atoms with E-state index in [-0.39, 0.29) is 23.7 Å². The van der Waals surface area contributed by atoms with Crippen LogP contribution in [0.15, 0.2) is 42.5 Å². The zero-order valence-corrected chi connectivity index (χ0v) is 12.6. The highest BCUT2D eigenvalue weighted by atomic mass is 19.1. The average Bonchev–Trinajstić information content (AvgIpc) is 2.50. The summed E-state index contributed by atoms with van der Waals surface area (Å²) in [6, 6.07) is 12.4. The fourth-order valence-electron chi connectivity index (χ4n) is 3.10. The summed E-state index contributed by atoms with van der Waals surface area (Å²) in [6.07, 6.45) is 2.36. The quantitative estimate of drug-likeness (QED) is 0.944. The summed E-state index contributed by atoms with van der Waals surface area (Å²) in [5, 5.41) is 3.07. The third-order valence-electron chi connectivity index (χ3n) is 4.13. The van der Waals surface area contributed by atoms with E-state index in [2.05, 4.69) is 10.3 Å². The summed E-state index contributed by atoms with van der Waals surface area (Å²) in [5.41, 5.74) is 2.83. The smallest absolute Gasteiger partial charge is 0.220 e. The molecule has 1 aromatic heterocycles. The van der Waals surface area contributed by atoms with Crippen LogP contribution in [-0.4, -0.2) is 16.9 Å². The highest BCUT2D eigenvalue weighted by Crippen LogP contribution is 2.31. The summed E-state index contributed by atoms with van der Waals surface area (Å²) in [7, 11) is 0. The van der Waals surface area contributed by atoms with Crippen LogP contribution in [0.5, 0.6) is 0 Å². The third kappa shape index (κ3) is 3.16. The van der Waals surface area contributed by atoms with E-state index in [1.54, 1.807) is 12.1 Å². The van der Waals surface area contributed by atoms with Crippen molar-refractivity contribution in [2.75, 3.05) is 0 Å². The largest absolute Gasteiger partial charge is 0.352 e. The van der Waals surface area contributed by atoms with E-state index in [0.29, 0.717) is 6.42 Å². The molecular weight excluding hydrogens is 279 g/mol. The van der Waals surface area contributed by atoms with Gasteiger partial charge in [0.05, 0.1) is 5.69 Å². The van der Waals surface area contributed by atoms with Crippen molar-refractivity contribution in [2.45, 2.75) is 38.1 Å². The number of nitrogens with one attached hydrogen (secondary N) is 1. The molecule has 0 aliphatic carbocycles. The fraction of sp³-hybridized carbons (Fsp3) is 0.333. The molecule has 2 aromatic rings. The number of benzene rings is 1. The minimum atomic E-state index is -0.257. The van der Waals surface area contributed by atoms with E-state index in [1.807, 2.05) is 25.1 Å². The Hall–Kier alpha value is -2.23. The average molecular weight is 298 g/mol. The predicted octanol–water partition coefficient (Wildman–Crippen LogP) is 3.33. The van der Waals surface area contributed by atoms with Gasteiger partial charge in [-0.2, -0.15) is 0 Å². The fourth-order valence-corrected chi connectivity index (χ4v) is 3.10. The molecule has 1 aliphatic rings. The Kier molecular flexibility index (Phi) is 4.18. The van der Waals surface area contributed by atoms with Crippen LogP contribution in [0.4, 0.5) is 4.39 Å². The maximum atomic E-state index is 13.2. The van der Waals surface area contributed by atoms with Crippen molar-refractivity contribution in [3.8, 4) is 0 Å². The predicted molar refractivity (Wildman–Crippen MR) is 83.0 cm³/mol. The van der Waals surface area contributed by atoms with E-state index < -0.39 is 0 Å². The molecule has 0 saturated carbocycles. The Labute approximate surface area is 129 Å². The maximum absolute atomic E-state index is 13.2. The number of piperidine rings is 1. The lowest BCUT2D eigenvalue weighted by Gasteiger charge is -2.31. The van der Waals surface area contributed by atoms with Crippen molar-refractivity contribution in [3.05, 3.63) is 65.2 Å². The van der Waals surface area contributed by atoms with Crippen LogP contribution < -0.4 is 5.32 Å². The first-order valence-corrected chi connectivity index (χ1v) is 7.62. The van der Waals surface area contributed by atoms with Crippen LogP contribution in [-0.2, 0) is 4.79 Å². The summed E-state index contributed by atoms with van der Waals surface area (Å²) in [4.78, 5) is 16.4. The number of hydrogen-bond donors (Lipinski definition) is 1. The zero-order valence-electron chi connectivity index (χ0n) is 12.6. The molecule has 1 aromatic carbocycles. The molecule has 0 radical (unpaired) electrons. The van der Waals surface area contributed by atoms with Crippen LogP contribution in [0.1, 0.15) is 42.1 Å².